The number of carbonyl (C=O) groups is 3. The summed E-state index contributed by atoms with van der Waals surface area (Å²) in [5.41, 5.74) is 5.45. The average Bonchev–Trinajstić information content (AvgIpc) is 3.30. The maximum absolute atomic E-state index is 12.9. The van der Waals surface area contributed by atoms with Gasteiger partial charge in [0.05, 0.1) is 0 Å². The molecule has 1 atom stereocenters. The average molecular weight is 551 g/mol. The quantitative estimate of drug-likeness (QED) is 0.260. The van der Waals surface area contributed by atoms with Crippen molar-refractivity contribution in [2.24, 2.45) is 0 Å². The molecule has 0 radical (unpaired) electrons. The molecule has 5 rings (SSSR count). The zero-order valence-electron chi connectivity index (χ0n) is 22.5. The summed E-state index contributed by atoms with van der Waals surface area (Å²) in [5.74, 6) is -1.80. The van der Waals surface area contributed by atoms with Crippen LogP contribution >= 0.6 is 0 Å². The lowest BCUT2D eigenvalue weighted by Gasteiger charge is -2.22. The normalized spacial score (nSPS) is 12.7. The van der Waals surface area contributed by atoms with Gasteiger partial charge in [-0.05, 0) is 47.0 Å². The smallest absolute Gasteiger partial charge is 0.412 e. The van der Waals surface area contributed by atoms with Crippen LogP contribution in [-0.4, -0.2) is 59.2 Å². The van der Waals surface area contributed by atoms with Gasteiger partial charge in [-0.3, -0.25) is 15.0 Å². The minimum Gasteiger partial charge on any atom is -0.480 e. The van der Waals surface area contributed by atoms with Crippen LogP contribution in [-0.2, 0) is 16.1 Å². The summed E-state index contributed by atoms with van der Waals surface area (Å²) in [6.45, 7) is 0.753. The van der Waals surface area contributed by atoms with E-state index >= 15 is 0 Å². The first-order valence-electron chi connectivity index (χ1n) is 13.2. The van der Waals surface area contributed by atoms with Gasteiger partial charge < -0.3 is 15.2 Å². The number of benzene rings is 3. The first-order valence-corrected chi connectivity index (χ1v) is 13.2. The number of carboxylic acid groups (broad SMARTS) is 1. The molecule has 3 aromatic carbocycles. The van der Waals surface area contributed by atoms with E-state index in [0.717, 1.165) is 27.8 Å². The van der Waals surface area contributed by atoms with Gasteiger partial charge in [0.2, 0.25) is 0 Å². The number of hydrogen-bond acceptors (Lipinski definition) is 6. The molecular formula is C32H30N4O5. The summed E-state index contributed by atoms with van der Waals surface area (Å²) >= 11 is 0. The number of carboxylic acids is 1. The Labute approximate surface area is 237 Å². The topological polar surface area (TPSA) is 121 Å². The number of aromatic nitrogens is 1. The van der Waals surface area contributed by atoms with E-state index in [1.54, 1.807) is 13.1 Å². The molecule has 0 saturated carbocycles. The number of amides is 2. The number of hydrogen-bond donors (Lipinski definition) is 3. The first-order chi connectivity index (χ1) is 19.9. The molecule has 2 amide bonds. The number of pyridine rings is 1. The Kier molecular flexibility index (Phi) is 8.36. The molecular weight excluding hydrogens is 520 g/mol. The van der Waals surface area contributed by atoms with E-state index in [1.807, 2.05) is 71.6 Å². The Balaban J connectivity index is 1.18. The molecule has 41 heavy (non-hydrogen) atoms. The van der Waals surface area contributed by atoms with E-state index in [0.29, 0.717) is 6.54 Å². The number of anilines is 1. The predicted molar refractivity (Wildman–Crippen MR) is 155 cm³/mol. The summed E-state index contributed by atoms with van der Waals surface area (Å²) in [5, 5.41) is 14.8. The van der Waals surface area contributed by atoms with E-state index in [-0.39, 0.29) is 30.6 Å². The van der Waals surface area contributed by atoms with Gasteiger partial charge in [-0.1, -0.05) is 84.9 Å². The lowest BCUT2D eigenvalue weighted by molar-refractivity contribution is -0.139. The van der Waals surface area contributed by atoms with Gasteiger partial charge in [0.25, 0.3) is 5.91 Å². The van der Waals surface area contributed by atoms with E-state index < -0.39 is 24.0 Å². The van der Waals surface area contributed by atoms with Crippen LogP contribution < -0.4 is 10.6 Å². The number of aliphatic carboxylic acids is 1. The fourth-order valence-corrected chi connectivity index (χ4v) is 5.06. The molecule has 0 saturated heterocycles. The molecule has 0 fully saturated rings. The first kappa shape index (κ1) is 27.5. The third-order valence-electron chi connectivity index (χ3n) is 6.95. The molecule has 4 aromatic rings. The Hall–Kier alpha value is -5.02. The fraction of sp³-hybridized carbons (Fsp3) is 0.188. The molecule has 1 aliphatic carbocycles. The molecule has 1 aliphatic rings. The molecule has 0 aliphatic heterocycles. The number of ether oxygens (including phenoxy) is 1. The lowest BCUT2D eigenvalue weighted by Crippen LogP contribution is -2.47. The van der Waals surface area contributed by atoms with E-state index in [2.05, 4.69) is 27.8 Å². The number of nitrogens with one attached hydrogen (secondary N) is 2. The number of carbonyl (C=O) groups excluding carboxylic acids is 2. The summed E-state index contributed by atoms with van der Waals surface area (Å²) in [7, 11) is 1.78. The van der Waals surface area contributed by atoms with Gasteiger partial charge in [-0.15, -0.1) is 0 Å². The van der Waals surface area contributed by atoms with Crippen molar-refractivity contribution in [1.29, 1.82) is 0 Å². The highest BCUT2D eigenvalue weighted by Gasteiger charge is 2.29. The Morgan fingerprint density at radius 2 is 1.51 bits per heavy atom. The second kappa shape index (κ2) is 12.4. The molecule has 1 aromatic heterocycles. The van der Waals surface area contributed by atoms with Crippen molar-refractivity contribution in [3.05, 3.63) is 119 Å². The van der Waals surface area contributed by atoms with E-state index in [4.69, 9.17) is 4.74 Å². The molecule has 1 heterocycles. The van der Waals surface area contributed by atoms with Gasteiger partial charge in [0, 0.05) is 19.0 Å². The van der Waals surface area contributed by atoms with Gasteiger partial charge in [0.1, 0.15) is 24.2 Å². The van der Waals surface area contributed by atoms with Gasteiger partial charge in [-0.25, -0.2) is 14.6 Å². The largest absolute Gasteiger partial charge is 0.480 e. The highest BCUT2D eigenvalue weighted by atomic mass is 16.5. The van der Waals surface area contributed by atoms with Gasteiger partial charge in [-0.2, -0.15) is 0 Å². The van der Waals surface area contributed by atoms with E-state index in [1.165, 1.54) is 12.1 Å². The van der Waals surface area contributed by atoms with Gasteiger partial charge in [0.15, 0.2) is 0 Å². The second-order valence-electron chi connectivity index (χ2n) is 9.91. The number of nitrogens with zero attached hydrogens (tertiary/aromatic N) is 2. The minimum atomic E-state index is -1.16. The highest BCUT2D eigenvalue weighted by molar-refractivity contribution is 5.95. The van der Waals surface area contributed by atoms with Crippen LogP contribution in [0.4, 0.5) is 10.6 Å². The van der Waals surface area contributed by atoms with E-state index in [9.17, 15) is 19.5 Å². The zero-order valence-corrected chi connectivity index (χ0v) is 22.5. The second-order valence-corrected chi connectivity index (χ2v) is 9.91. The van der Waals surface area contributed by atoms with Crippen LogP contribution in [0.25, 0.3) is 11.1 Å². The minimum absolute atomic E-state index is 0.0292. The van der Waals surface area contributed by atoms with Gasteiger partial charge >= 0.3 is 12.1 Å². The molecule has 208 valence electrons. The number of fused-ring (bicyclic) bond motifs is 3. The Bertz CT molecular complexity index is 1510. The third-order valence-corrected chi connectivity index (χ3v) is 6.95. The molecule has 0 bridgehead atoms. The van der Waals surface area contributed by atoms with Crippen molar-refractivity contribution in [3.8, 4) is 11.1 Å². The van der Waals surface area contributed by atoms with Crippen molar-refractivity contribution < 1.29 is 24.2 Å². The van der Waals surface area contributed by atoms with Crippen LogP contribution in [0.3, 0.4) is 0 Å². The van der Waals surface area contributed by atoms with Crippen LogP contribution in [0.1, 0.15) is 33.1 Å². The fourth-order valence-electron chi connectivity index (χ4n) is 5.06. The van der Waals surface area contributed by atoms with Crippen molar-refractivity contribution in [1.82, 2.24) is 15.2 Å². The maximum Gasteiger partial charge on any atom is 0.412 e. The monoisotopic (exact) mass is 550 g/mol. The third kappa shape index (κ3) is 6.59. The molecule has 1 unspecified atom stereocenters. The van der Waals surface area contributed by atoms with Crippen molar-refractivity contribution >= 4 is 23.8 Å². The van der Waals surface area contributed by atoms with Crippen molar-refractivity contribution in [2.45, 2.75) is 18.5 Å². The zero-order chi connectivity index (χ0) is 28.8. The van der Waals surface area contributed by atoms with Crippen LogP contribution in [0.2, 0.25) is 0 Å². The maximum atomic E-state index is 12.9. The van der Waals surface area contributed by atoms with Crippen LogP contribution in [0, 0.1) is 0 Å². The predicted octanol–water partition coefficient (Wildman–Crippen LogP) is 4.76. The number of likely N-dealkylation sites (N-methyl/N-ethyl adjacent to an activating group) is 1. The van der Waals surface area contributed by atoms with Crippen LogP contribution in [0.5, 0.6) is 0 Å². The molecule has 0 spiro atoms. The summed E-state index contributed by atoms with van der Waals surface area (Å²) in [4.78, 5) is 43.4. The SMILES string of the molecule is CN(Cc1ccccc1)CC(NC(=O)c1cccc(NC(=O)OCC2c3ccccc3-c3ccccc32)n1)C(=O)O. The summed E-state index contributed by atoms with van der Waals surface area (Å²) < 4.78 is 5.56. The molecule has 9 nitrogen and oxygen atoms in total. The highest BCUT2D eigenvalue weighted by Crippen LogP contribution is 2.44. The standard InChI is InChI=1S/C32H30N4O5/c1-36(18-21-10-3-2-4-11-21)19-28(31(38)39)34-30(37)27-16-9-17-29(33-27)35-32(40)41-20-26-24-14-7-5-12-22(24)23-13-6-8-15-25(23)26/h2-17,26,28H,18-20H2,1H3,(H,34,37)(H,38,39)(H,33,35,40). The Morgan fingerprint density at radius 3 is 2.17 bits per heavy atom. The molecule has 9 heteroatoms. The summed E-state index contributed by atoms with van der Waals surface area (Å²) in [6.07, 6.45) is -0.706. The summed E-state index contributed by atoms with van der Waals surface area (Å²) in [6, 6.07) is 29.1. The number of rotatable bonds is 10. The van der Waals surface area contributed by atoms with Crippen molar-refractivity contribution in [2.75, 3.05) is 25.5 Å². The lowest BCUT2D eigenvalue weighted by atomic mass is 9.98. The molecule has 3 N–H and O–H groups in total. The Morgan fingerprint density at radius 1 is 0.878 bits per heavy atom. The van der Waals surface area contributed by atoms with Crippen molar-refractivity contribution in [3.63, 3.8) is 0 Å². The van der Waals surface area contributed by atoms with Crippen LogP contribution in [0.15, 0.2) is 97.1 Å².